The van der Waals surface area contributed by atoms with Gasteiger partial charge in [-0.2, -0.15) is 0 Å². The monoisotopic (exact) mass is 341 g/mol. The van der Waals surface area contributed by atoms with Crippen molar-refractivity contribution in [2.45, 2.75) is 13.0 Å². The normalized spacial score (nSPS) is 12.0. The number of aliphatic hydroxyl groups excluding tert-OH is 1. The SMILES string of the molecule is COc1cccc(C(O)c2csc(-c3ccc(OC)c(C)c3)n2)c1. The molecule has 1 heterocycles. The second-order valence-corrected chi connectivity index (χ2v) is 6.30. The van der Waals surface area contributed by atoms with Gasteiger partial charge in [-0.3, -0.25) is 0 Å². The van der Waals surface area contributed by atoms with Crippen LogP contribution in [0.1, 0.15) is 22.9 Å². The standard InChI is InChI=1S/C19H19NO3S/c1-12-9-14(7-8-17(12)23-3)19-20-16(11-24-19)18(21)13-5-4-6-15(10-13)22-2/h4-11,18,21H,1-3H3. The van der Waals surface area contributed by atoms with E-state index in [1.807, 2.05) is 54.8 Å². The van der Waals surface area contributed by atoms with Gasteiger partial charge in [-0.1, -0.05) is 12.1 Å². The number of hydrogen-bond donors (Lipinski definition) is 1. The van der Waals surface area contributed by atoms with Crippen molar-refractivity contribution in [3.05, 3.63) is 64.7 Å². The van der Waals surface area contributed by atoms with Crippen molar-refractivity contribution in [1.29, 1.82) is 0 Å². The van der Waals surface area contributed by atoms with Gasteiger partial charge in [-0.15, -0.1) is 11.3 Å². The lowest BCUT2D eigenvalue weighted by Gasteiger charge is -2.10. The van der Waals surface area contributed by atoms with Crippen LogP contribution in [0, 0.1) is 6.92 Å². The highest BCUT2D eigenvalue weighted by atomic mass is 32.1. The van der Waals surface area contributed by atoms with Gasteiger partial charge < -0.3 is 14.6 Å². The maximum Gasteiger partial charge on any atom is 0.123 e. The second kappa shape index (κ2) is 7.03. The van der Waals surface area contributed by atoms with Crippen LogP contribution in [-0.4, -0.2) is 24.3 Å². The number of hydrogen-bond acceptors (Lipinski definition) is 5. The topological polar surface area (TPSA) is 51.6 Å². The van der Waals surface area contributed by atoms with Crippen molar-refractivity contribution in [2.24, 2.45) is 0 Å². The van der Waals surface area contributed by atoms with Crippen molar-refractivity contribution in [2.75, 3.05) is 14.2 Å². The summed E-state index contributed by atoms with van der Waals surface area (Å²) in [4.78, 5) is 4.60. The maximum atomic E-state index is 10.6. The van der Waals surface area contributed by atoms with Gasteiger partial charge in [0, 0.05) is 10.9 Å². The molecule has 0 bridgehead atoms. The maximum absolute atomic E-state index is 10.6. The van der Waals surface area contributed by atoms with E-state index in [2.05, 4.69) is 4.98 Å². The van der Waals surface area contributed by atoms with E-state index < -0.39 is 6.10 Å². The number of benzene rings is 2. The van der Waals surface area contributed by atoms with Crippen molar-refractivity contribution >= 4 is 11.3 Å². The molecule has 1 N–H and O–H groups in total. The predicted molar refractivity (Wildman–Crippen MR) is 95.9 cm³/mol. The average Bonchev–Trinajstić information content (AvgIpc) is 3.11. The molecule has 5 heteroatoms. The van der Waals surface area contributed by atoms with Gasteiger partial charge in [-0.25, -0.2) is 4.98 Å². The van der Waals surface area contributed by atoms with Gasteiger partial charge >= 0.3 is 0 Å². The smallest absolute Gasteiger partial charge is 0.123 e. The molecule has 0 aliphatic rings. The zero-order valence-corrected chi connectivity index (χ0v) is 14.6. The molecule has 4 nitrogen and oxygen atoms in total. The van der Waals surface area contributed by atoms with Crippen molar-refractivity contribution in [3.63, 3.8) is 0 Å². The number of aliphatic hydroxyl groups is 1. The molecule has 3 rings (SSSR count). The number of thiazole rings is 1. The summed E-state index contributed by atoms with van der Waals surface area (Å²) in [6, 6.07) is 13.3. The zero-order chi connectivity index (χ0) is 17.1. The Balaban J connectivity index is 1.88. The Morgan fingerprint density at radius 2 is 1.92 bits per heavy atom. The molecule has 0 radical (unpaired) electrons. The van der Waals surface area contributed by atoms with Crippen LogP contribution in [0.15, 0.2) is 47.8 Å². The molecule has 0 fully saturated rings. The largest absolute Gasteiger partial charge is 0.497 e. The number of aryl methyl sites for hydroxylation is 1. The molecule has 0 aliphatic carbocycles. The fraction of sp³-hybridized carbons (Fsp3) is 0.211. The molecule has 1 atom stereocenters. The minimum atomic E-state index is -0.774. The van der Waals surface area contributed by atoms with Crippen LogP contribution in [0.2, 0.25) is 0 Å². The van der Waals surface area contributed by atoms with Crippen LogP contribution < -0.4 is 9.47 Å². The van der Waals surface area contributed by atoms with E-state index in [0.717, 1.165) is 27.4 Å². The molecule has 1 aromatic heterocycles. The lowest BCUT2D eigenvalue weighted by Crippen LogP contribution is -2.00. The van der Waals surface area contributed by atoms with Crippen LogP contribution in [0.5, 0.6) is 11.5 Å². The molecule has 124 valence electrons. The molecule has 0 spiro atoms. The Bertz CT molecular complexity index is 844. The van der Waals surface area contributed by atoms with E-state index in [-0.39, 0.29) is 0 Å². The lowest BCUT2D eigenvalue weighted by molar-refractivity contribution is 0.215. The Labute approximate surface area is 145 Å². The Morgan fingerprint density at radius 1 is 1.08 bits per heavy atom. The van der Waals surface area contributed by atoms with E-state index in [4.69, 9.17) is 9.47 Å². The van der Waals surface area contributed by atoms with Crippen LogP contribution >= 0.6 is 11.3 Å². The third kappa shape index (κ3) is 3.27. The first-order valence-electron chi connectivity index (χ1n) is 7.55. The van der Waals surface area contributed by atoms with E-state index >= 15 is 0 Å². The molecule has 0 amide bonds. The molecule has 24 heavy (non-hydrogen) atoms. The first-order valence-corrected chi connectivity index (χ1v) is 8.43. The van der Waals surface area contributed by atoms with Gasteiger partial charge in [0.1, 0.15) is 22.6 Å². The quantitative estimate of drug-likeness (QED) is 0.755. The summed E-state index contributed by atoms with van der Waals surface area (Å²) in [5, 5.41) is 13.3. The lowest BCUT2D eigenvalue weighted by atomic mass is 10.1. The highest BCUT2D eigenvalue weighted by Crippen LogP contribution is 2.32. The van der Waals surface area contributed by atoms with E-state index in [9.17, 15) is 5.11 Å². The number of nitrogens with zero attached hydrogens (tertiary/aromatic N) is 1. The summed E-state index contributed by atoms with van der Waals surface area (Å²) >= 11 is 1.51. The van der Waals surface area contributed by atoms with E-state index in [0.29, 0.717) is 11.4 Å². The van der Waals surface area contributed by atoms with E-state index in [1.165, 1.54) is 11.3 Å². The van der Waals surface area contributed by atoms with Crippen LogP contribution in [0.4, 0.5) is 0 Å². The fourth-order valence-electron chi connectivity index (χ4n) is 2.54. The predicted octanol–water partition coefficient (Wildman–Crippen LogP) is 4.22. The van der Waals surface area contributed by atoms with Gasteiger partial charge in [0.15, 0.2) is 0 Å². The summed E-state index contributed by atoms with van der Waals surface area (Å²) < 4.78 is 10.5. The van der Waals surface area contributed by atoms with Gasteiger partial charge in [0.05, 0.1) is 19.9 Å². The Kier molecular flexibility index (Phi) is 4.83. The Morgan fingerprint density at radius 3 is 2.62 bits per heavy atom. The third-order valence-corrected chi connectivity index (χ3v) is 4.76. The summed E-state index contributed by atoms with van der Waals surface area (Å²) in [5.41, 5.74) is 3.47. The fourth-order valence-corrected chi connectivity index (χ4v) is 3.37. The number of methoxy groups -OCH3 is 2. The first-order chi connectivity index (χ1) is 11.6. The molecule has 0 saturated heterocycles. The summed E-state index contributed by atoms with van der Waals surface area (Å²) in [7, 11) is 3.27. The van der Waals surface area contributed by atoms with Crippen LogP contribution in [-0.2, 0) is 0 Å². The average molecular weight is 341 g/mol. The molecular formula is C19H19NO3S. The van der Waals surface area contributed by atoms with Crippen LogP contribution in [0.3, 0.4) is 0 Å². The van der Waals surface area contributed by atoms with Gasteiger partial charge in [0.25, 0.3) is 0 Å². The third-order valence-electron chi connectivity index (χ3n) is 3.85. The molecule has 3 aromatic rings. The van der Waals surface area contributed by atoms with Crippen molar-refractivity contribution in [1.82, 2.24) is 4.98 Å². The molecule has 2 aromatic carbocycles. The minimum Gasteiger partial charge on any atom is -0.497 e. The minimum absolute atomic E-state index is 0.636. The molecular weight excluding hydrogens is 322 g/mol. The van der Waals surface area contributed by atoms with Crippen LogP contribution in [0.25, 0.3) is 10.6 Å². The number of aromatic nitrogens is 1. The number of rotatable bonds is 5. The number of ether oxygens (including phenoxy) is 2. The molecule has 1 unspecified atom stereocenters. The van der Waals surface area contributed by atoms with Gasteiger partial charge in [-0.05, 0) is 48.4 Å². The van der Waals surface area contributed by atoms with Gasteiger partial charge in [0.2, 0.25) is 0 Å². The Hall–Kier alpha value is -2.37. The highest BCUT2D eigenvalue weighted by Gasteiger charge is 2.16. The second-order valence-electron chi connectivity index (χ2n) is 5.44. The summed E-state index contributed by atoms with van der Waals surface area (Å²) in [5.74, 6) is 1.57. The van der Waals surface area contributed by atoms with Crippen molar-refractivity contribution in [3.8, 4) is 22.1 Å². The van der Waals surface area contributed by atoms with Crippen molar-refractivity contribution < 1.29 is 14.6 Å². The molecule has 0 saturated carbocycles. The summed E-state index contributed by atoms with van der Waals surface area (Å²) in [6.45, 7) is 2.00. The summed E-state index contributed by atoms with van der Waals surface area (Å²) in [6.07, 6.45) is -0.774. The van der Waals surface area contributed by atoms with E-state index in [1.54, 1.807) is 14.2 Å². The zero-order valence-electron chi connectivity index (χ0n) is 13.8. The molecule has 0 aliphatic heterocycles. The first kappa shape index (κ1) is 16.5. The highest BCUT2D eigenvalue weighted by molar-refractivity contribution is 7.13.